The molecule has 0 fully saturated rings. The lowest BCUT2D eigenvalue weighted by Crippen LogP contribution is -2.20. The molecule has 5 heteroatoms. The van der Waals surface area contributed by atoms with Crippen LogP contribution in [0.15, 0.2) is 24.3 Å². The zero-order valence-corrected chi connectivity index (χ0v) is 12.1. The van der Waals surface area contributed by atoms with Crippen LogP contribution in [0.5, 0.6) is 5.75 Å². The minimum Gasteiger partial charge on any atom is -0.484 e. The maximum absolute atomic E-state index is 11.8. The van der Waals surface area contributed by atoms with Gasteiger partial charge in [-0.25, -0.2) is 4.98 Å². The van der Waals surface area contributed by atoms with E-state index >= 15 is 0 Å². The minimum absolute atomic E-state index is 0.00725. The topological polar surface area (TPSA) is 51.2 Å². The Morgan fingerprint density at radius 1 is 1.35 bits per heavy atom. The molecule has 0 unspecified atom stereocenters. The van der Waals surface area contributed by atoms with Crippen LogP contribution in [0.2, 0.25) is 0 Å². The van der Waals surface area contributed by atoms with Crippen LogP contribution in [0.1, 0.15) is 22.6 Å². The number of amides is 1. The summed E-state index contributed by atoms with van der Waals surface area (Å²) in [6, 6.07) is 7.64. The van der Waals surface area contributed by atoms with E-state index in [0.29, 0.717) is 10.9 Å². The molecule has 1 aromatic carbocycles. The fraction of sp³-hybridized carbons (Fsp3) is 0.333. The Kier molecular flexibility index (Phi) is 3.69. The van der Waals surface area contributed by atoms with Crippen molar-refractivity contribution in [1.82, 2.24) is 4.98 Å². The van der Waals surface area contributed by atoms with Crippen molar-refractivity contribution in [1.29, 1.82) is 0 Å². The second kappa shape index (κ2) is 5.63. The highest BCUT2D eigenvalue weighted by Crippen LogP contribution is 2.30. The van der Waals surface area contributed by atoms with Gasteiger partial charge in [0.25, 0.3) is 5.91 Å². The van der Waals surface area contributed by atoms with E-state index in [4.69, 9.17) is 4.74 Å². The van der Waals surface area contributed by atoms with Crippen LogP contribution < -0.4 is 10.1 Å². The Morgan fingerprint density at radius 3 is 2.90 bits per heavy atom. The summed E-state index contributed by atoms with van der Waals surface area (Å²) in [6.07, 6.45) is 3.29. The molecule has 104 valence electrons. The van der Waals surface area contributed by atoms with Gasteiger partial charge >= 0.3 is 0 Å². The molecule has 3 rings (SSSR count). The molecule has 0 radical (unpaired) electrons. The largest absolute Gasteiger partial charge is 0.484 e. The van der Waals surface area contributed by atoms with E-state index in [-0.39, 0.29) is 12.5 Å². The Hall–Kier alpha value is -1.88. The number of thiazole rings is 1. The van der Waals surface area contributed by atoms with Crippen molar-refractivity contribution in [2.24, 2.45) is 0 Å². The van der Waals surface area contributed by atoms with Crippen LogP contribution in [-0.4, -0.2) is 17.5 Å². The van der Waals surface area contributed by atoms with E-state index in [2.05, 4.69) is 10.3 Å². The number of fused-ring (bicyclic) bond motifs is 1. The van der Waals surface area contributed by atoms with Crippen molar-refractivity contribution in [2.75, 3.05) is 11.9 Å². The second-order valence-electron chi connectivity index (χ2n) is 4.89. The van der Waals surface area contributed by atoms with Crippen molar-refractivity contribution in [3.63, 3.8) is 0 Å². The average molecular weight is 288 g/mol. The Bertz CT molecular complexity index is 598. The smallest absolute Gasteiger partial charge is 0.264 e. The van der Waals surface area contributed by atoms with Gasteiger partial charge in [0.05, 0.1) is 5.69 Å². The molecule has 1 heterocycles. The van der Waals surface area contributed by atoms with E-state index in [1.807, 2.05) is 31.2 Å². The molecule has 0 saturated carbocycles. The predicted molar refractivity (Wildman–Crippen MR) is 79.4 cm³/mol. The molecule has 1 N–H and O–H groups in total. The summed E-state index contributed by atoms with van der Waals surface area (Å²) in [4.78, 5) is 17.5. The highest BCUT2D eigenvalue weighted by molar-refractivity contribution is 7.15. The number of rotatable bonds is 4. The van der Waals surface area contributed by atoms with Crippen LogP contribution in [0.25, 0.3) is 0 Å². The number of aryl methyl sites for hydroxylation is 3. The maximum atomic E-state index is 11.8. The molecule has 0 aliphatic heterocycles. The molecule has 1 aliphatic carbocycles. The molecule has 0 saturated heterocycles. The highest BCUT2D eigenvalue weighted by atomic mass is 32.1. The maximum Gasteiger partial charge on any atom is 0.264 e. The average Bonchev–Trinajstić information content (AvgIpc) is 2.99. The number of anilines is 1. The lowest BCUT2D eigenvalue weighted by atomic mass is 10.2. The van der Waals surface area contributed by atoms with Gasteiger partial charge < -0.3 is 4.74 Å². The van der Waals surface area contributed by atoms with Gasteiger partial charge in [0.2, 0.25) is 0 Å². The Labute approximate surface area is 121 Å². The van der Waals surface area contributed by atoms with Crippen LogP contribution in [-0.2, 0) is 17.6 Å². The molecule has 0 bridgehead atoms. The zero-order chi connectivity index (χ0) is 13.9. The van der Waals surface area contributed by atoms with Crippen LogP contribution in [0.4, 0.5) is 5.13 Å². The van der Waals surface area contributed by atoms with E-state index in [1.165, 1.54) is 16.9 Å². The highest BCUT2D eigenvalue weighted by Gasteiger charge is 2.17. The molecular weight excluding hydrogens is 272 g/mol. The Morgan fingerprint density at radius 2 is 2.15 bits per heavy atom. The van der Waals surface area contributed by atoms with Gasteiger partial charge in [-0.1, -0.05) is 17.7 Å². The zero-order valence-electron chi connectivity index (χ0n) is 11.3. The predicted octanol–water partition coefficient (Wildman–Crippen LogP) is 2.96. The number of nitrogens with zero attached hydrogens (tertiary/aromatic N) is 1. The fourth-order valence-corrected chi connectivity index (χ4v) is 3.25. The van der Waals surface area contributed by atoms with Crippen molar-refractivity contribution >= 4 is 22.4 Å². The molecular formula is C15H16N2O2S. The summed E-state index contributed by atoms with van der Waals surface area (Å²) in [6.45, 7) is 2.02. The molecule has 1 aromatic heterocycles. The monoisotopic (exact) mass is 288 g/mol. The normalized spacial score (nSPS) is 13.1. The summed E-state index contributed by atoms with van der Waals surface area (Å²) in [5.41, 5.74) is 2.31. The number of aromatic nitrogens is 1. The van der Waals surface area contributed by atoms with Crippen LogP contribution in [0.3, 0.4) is 0 Å². The first-order chi connectivity index (χ1) is 9.70. The number of carbonyl (C=O) groups is 1. The number of nitrogens with one attached hydrogen (secondary N) is 1. The summed E-state index contributed by atoms with van der Waals surface area (Å²) in [5, 5.41) is 3.48. The van der Waals surface area contributed by atoms with Crippen molar-refractivity contribution < 1.29 is 9.53 Å². The van der Waals surface area contributed by atoms with Gasteiger partial charge in [0.15, 0.2) is 11.7 Å². The molecule has 1 aliphatic rings. The molecule has 20 heavy (non-hydrogen) atoms. The first-order valence-electron chi connectivity index (χ1n) is 6.68. The number of benzene rings is 1. The summed E-state index contributed by atoms with van der Waals surface area (Å²) in [5.74, 6) is 0.533. The van der Waals surface area contributed by atoms with Gasteiger partial charge in [-0.05, 0) is 38.3 Å². The number of ether oxygens (including phenoxy) is 1. The van der Waals surface area contributed by atoms with Crippen molar-refractivity contribution in [2.45, 2.75) is 26.2 Å². The van der Waals surface area contributed by atoms with Gasteiger partial charge in [-0.2, -0.15) is 0 Å². The van der Waals surface area contributed by atoms with Crippen molar-refractivity contribution in [3.05, 3.63) is 40.4 Å². The van der Waals surface area contributed by atoms with Crippen molar-refractivity contribution in [3.8, 4) is 5.75 Å². The third kappa shape index (κ3) is 2.99. The first-order valence-corrected chi connectivity index (χ1v) is 7.50. The van der Waals surface area contributed by atoms with E-state index in [0.717, 1.165) is 18.5 Å². The lowest BCUT2D eigenvalue weighted by molar-refractivity contribution is -0.118. The number of hydrogen-bond donors (Lipinski definition) is 1. The third-order valence-corrected chi connectivity index (χ3v) is 4.31. The number of hydrogen-bond acceptors (Lipinski definition) is 4. The first kappa shape index (κ1) is 13.1. The summed E-state index contributed by atoms with van der Waals surface area (Å²) >= 11 is 1.58. The Balaban J connectivity index is 1.53. The third-order valence-electron chi connectivity index (χ3n) is 3.23. The SMILES string of the molecule is Cc1ccc(OCC(=O)Nc2nc3c(s2)CCC3)cc1. The molecule has 2 aromatic rings. The molecule has 0 atom stereocenters. The standard InChI is InChI=1S/C15H16N2O2S/c1-10-5-7-11(8-6-10)19-9-14(18)17-15-16-12-3-2-4-13(12)20-15/h5-8H,2-4,9H2,1H3,(H,16,17,18). The van der Waals surface area contributed by atoms with Gasteiger partial charge in [0, 0.05) is 4.88 Å². The minimum atomic E-state index is -0.169. The molecule has 1 amide bonds. The quantitative estimate of drug-likeness (QED) is 0.941. The number of carbonyl (C=O) groups excluding carboxylic acids is 1. The van der Waals surface area contributed by atoms with E-state index in [1.54, 1.807) is 11.3 Å². The van der Waals surface area contributed by atoms with Gasteiger partial charge in [-0.3, -0.25) is 10.1 Å². The summed E-state index contributed by atoms with van der Waals surface area (Å²) < 4.78 is 5.44. The van der Waals surface area contributed by atoms with Gasteiger partial charge in [0.1, 0.15) is 5.75 Å². The second-order valence-corrected chi connectivity index (χ2v) is 5.98. The lowest BCUT2D eigenvalue weighted by Gasteiger charge is -2.06. The van der Waals surface area contributed by atoms with Gasteiger partial charge in [-0.15, -0.1) is 11.3 Å². The fourth-order valence-electron chi connectivity index (χ4n) is 2.18. The van der Waals surface area contributed by atoms with E-state index in [9.17, 15) is 4.79 Å². The van der Waals surface area contributed by atoms with Crippen LogP contribution >= 0.6 is 11.3 Å². The summed E-state index contributed by atoms with van der Waals surface area (Å²) in [7, 11) is 0. The van der Waals surface area contributed by atoms with E-state index < -0.39 is 0 Å². The molecule has 0 spiro atoms. The van der Waals surface area contributed by atoms with Crippen LogP contribution in [0, 0.1) is 6.92 Å². The molecule has 4 nitrogen and oxygen atoms in total.